The Kier molecular flexibility index (Phi) is 6.11. The number of nitrogens with one attached hydrogen (secondary N) is 1. The second-order valence-corrected chi connectivity index (χ2v) is 8.11. The Morgan fingerprint density at radius 3 is 2.50 bits per heavy atom. The van der Waals surface area contributed by atoms with Crippen LogP contribution in [0.4, 0.5) is 5.69 Å². The van der Waals surface area contributed by atoms with Crippen LogP contribution in [0.5, 0.6) is 5.75 Å². The first-order chi connectivity index (χ1) is 13.3. The van der Waals surface area contributed by atoms with Gasteiger partial charge in [-0.05, 0) is 54.7 Å². The van der Waals surface area contributed by atoms with Gasteiger partial charge in [-0.25, -0.2) is 0 Å². The van der Waals surface area contributed by atoms with Crippen LogP contribution in [-0.2, 0) is 11.2 Å². The minimum Gasteiger partial charge on any atom is -0.505 e. The number of aromatic hydroxyl groups is 1. The molecular weight excluding hydrogens is 397 g/mol. The van der Waals surface area contributed by atoms with Crippen molar-refractivity contribution < 1.29 is 14.7 Å². The molecule has 146 valence electrons. The number of fused-ring (bicyclic) bond motifs is 1. The van der Waals surface area contributed by atoms with Crippen molar-refractivity contribution in [1.82, 2.24) is 0 Å². The van der Waals surface area contributed by atoms with Gasteiger partial charge in [0, 0.05) is 28.8 Å². The van der Waals surface area contributed by atoms with Gasteiger partial charge in [-0.1, -0.05) is 43.1 Å². The smallest absolute Gasteiger partial charge is 0.256 e. The van der Waals surface area contributed by atoms with E-state index >= 15 is 0 Å². The van der Waals surface area contributed by atoms with Crippen LogP contribution in [0.25, 0.3) is 5.57 Å². The van der Waals surface area contributed by atoms with Crippen LogP contribution in [0.3, 0.4) is 0 Å². The summed E-state index contributed by atoms with van der Waals surface area (Å²) in [5.74, 6) is 0.0442. The minimum atomic E-state index is -0.176. The van der Waals surface area contributed by atoms with E-state index in [0.29, 0.717) is 36.1 Å². The molecule has 1 aliphatic heterocycles. The lowest BCUT2D eigenvalue weighted by Crippen LogP contribution is -2.03. The predicted molar refractivity (Wildman–Crippen MR) is 113 cm³/mol. The fraction of sp³-hybridized carbons (Fsp3) is 0.273. The van der Waals surface area contributed by atoms with Crippen molar-refractivity contribution in [2.45, 2.75) is 33.1 Å². The molecule has 28 heavy (non-hydrogen) atoms. The van der Waals surface area contributed by atoms with E-state index in [4.69, 9.17) is 23.2 Å². The van der Waals surface area contributed by atoms with E-state index < -0.39 is 0 Å². The van der Waals surface area contributed by atoms with Crippen molar-refractivity contribution >= 4 is 46.2 Å². The first-order valence-corrected chi connectivity index (χ1v) is 9.88. The SMILES string of the molecule is CC(C)CC(=O)c1ccc2c(c1)/C(=C/CCc1cc(Cl)c(O)c(Cl)c1)C(=O)N2. The lowest BCUT2D eigenvalue weighted by molar-refractivity contribution is -0.110. The average molecular weight is 418 g/mol. The Labute approximate surface area is 174 Å². The number of carbonyl (C=O) groups excluding carboxylic acids is 2. The highest BCUT2D eigenvalue weighted by Gasteiger charge is 2.25. The molecule has 1 heterocycles. The highest BCUT2D eigenvalue weighted by molar-refractivity contribution is 6.37. The summed E-state index contributed by atoms with van der Waals surface area (Å²) in [6.07, 6.45) is 3.52. The summed E-state index contributed by atoms with van der Waals surface area (Å²) in [5.41, 5.74) is 3.51. The standard InChI is InChI=1S/C22H21Cl2NO3/c1-12(2)8-20(26)14-6-7-19-16(11-14)15(22(28)25-19)5-3-4-13-9-17(23)21(27)18(24)10-13/h5-7,9-12,27H,3-4,8H2,1-2H3,(H,25,28)/b15-5-. The first kappa shape index (κ1) is 20.4. The van der Waals surface area contributed by atoms with Crippen LogP contribution in [0.15, 0.2) is 36.4 Å². The Morgan fingerprint density at radius 1 is 1.18 bits per heavy atom. The van der Waals surface area contributed by atoms with Gasteiger partial charge < -0.3 is 10.4 Å². The molecule has 0 aromatic heterocycles. The second-order valence-electron chi connectivity index (χ2n) is 7.30. The number of halogens is 2. The molecule has 0 unspecified atom stereocenters. The molecule has 0 saturated carbocycles. The number of allylic oxidation sites excluding steroid dienone is 1. The number of anilines is 1. The summed E-state index contributed by atoms with van der Waals surface area (Å²) in [5, 5.41) is 12.9. The maximum atomic E-state index is 12.4. The van der Waals surface area contributed by atoms with Crippen molar-refractivity contribution in [3.05, 3.63) is 63.1 Å². The van der Waals surface area contributed by atoms with Gasteiger partial charge in [0.2, 0.25) is 0 Å². The number of carbonyl (C=O) groups is 2. The summed E-state index contributed by atoms with van der Waals surface area (Å²) in [7, 11) is 0. The zero-order chi connectivity index (χ0) is 20.4. The molecule has 0 bridgehead atoms. The Bertz CT molecular complexity index is 957. The van der Waals surface area contributed by atoms with E-state index in [9.17, 15) is 14.7 Å². The molecule has 2 aromatic carbocycles. The van der Waals surface area contributed by atoms with Crippen LogP contribution in [-0.4, -0.2) is 16.8 Å². The van der Waals surface area contributed by atoms with Crippen LogP contribution in [0, 0.1) is 5.92 Å². The van der Waals surface area contributed by atoms with Crippen molar-refractivity contribution in [1.29, 1.82) is 0 Å². The number of rotatable bonds is 6. The molecule has 2 aromatic rings. The number of ketones is 1. The van der Waals surface area contributed by atoms with Gasteiger partial charge in [0.05, 0.1) is 10.0 Å². The zero-order valence-corrected chi connectivity index (χ0v) is 17.2. The summed E-state index contributed by atoms with van der Waals surface area (Å²) in [4.78, 5) is 24.7. The quantitative estimate of drug-likeness (QED) is 0.454. The van der Waals surface area contributed by atoms with Gasteiger partial charge in [-0.3, -0.25) is 9.59 Å². The monoisotopic (exact) mass is 417 g/mol. The molecule has 4 nitrogen and oxygen atoms in total. The van der Waals surface area contributed by atoms with E-state index in [-0.39, 0.29) is 33.4 Å². The molecule has 3 rings (SSSR count). The number of phenols is 1. The lowest BCUT2D eigenvalue weighted by atomic mass is 9.97. The van der Waals surface area contributed by atoms with Crippen molar-refractivity contribution in [3.63, 3.8) is 0 Å². The normalized spacial score (nSPS) is 14.5. The van der Waals surface area contributed by atoms with Crippen molar-refractivity contribution in [3.8, 4) is 5.75 Å². The maximum absolute atomic E-state index is 12.4. The van der Waals surface area contributed by atoms with Gasteiger partial charge in [0.15, 0.2) is 11.5 Å². The van der Waals surface area contributed by atoms with Crippen LogP contribution in [0.2, 0.25) is 10.0 Å². The fourth-order valence-corrected chi connectivity index (χ4v) is 3.73. The van der Waals surface area contributed by atoms with Gasteiger partial charge >= 0.3 is 0 Å². The van der Waals surface area contributed by atoms with Crippen molar-refractivity contribution in [2.24, 2.45) is 5.92 Å². The largest absolute Gasteiger partial charge is 0.505 e. The minimum absolute atomic E-state index is 0.0740. The topological polar surface area (TPSA) is 66.4 Å². The Morgan fingerprint density at radius 2 is 1.86 bits per heavy atom. The van der Waals surface area contributed by atoms with E-state index in [1.54, 1.807) is 30.3 Å². The maximum Gasteiger partial charge on any atom is 0.256 e. The number of amides is 1. The first-order valence-electron chi connectivity index (χ1n) is 9.12. The number of hydrogen-bond donors (Lipinski definition) is 2. The number of phenolic OH excluding ortho intramolecular Hbond substituents is 1. The third-order valence-corrected chi connectivity index (χ3v) is 5.15. The molecule has 1 aliphatic rings. The molecular formula is C22H21Cl2NO3. The van der Waals surface area contributed by atoms with Crippen LogP contribution in [0.1, 0.15) is 48.2 Å². The second kappa shape index (κ2) is 8.38. The van der Waals surface area contributed by atoms with Crippen LogP contribution >= 0.6 is 23.2 Å². The predicted octanol–water partition coefficient (Wildman–Crippen LogP) is 5.90. The molecule has 0 radical (unpaired) electrons. The summed E-state index contributed by atoms with van der Waals surface area (Å²) in [6, 6.07) is 8.64. The summed E-state index contributed by atoms with van der Waals surface area (Å²) >= 11 is 11.9. The zero-order valence-electron chi connectivity index (χ0n) is 15.7. The average Bonchev–Trinajstić information content (AvgIpc) is 2.93. The van der Waals surface area contributed by atoms with Crippen LogP contribution < -0.4 is 5.32 Å². The lowest BCUT2D eigenvalue weighted by Gasteiger charge is -2.07. The van der Waals surface area contributed by atoms with Crippen molar-refractivity contribution in [2.75, 3.05) is 5.32 Å². The van der Waals surface area contributed by atoms with E-state index in [0.717, 1.165) is 11.1 Å². The summed E-state index contributed by atoms with van der Waals surface area (Å²) in [6.45, 7) is 4.01. The van der Waals surface area contributed by atoms with E-state index in [1.165, 1.54) is 0 Å². The molecule has 0 spiro atoms. The molecule has 0 fully saturated rings. The molecule has 0 saturated heterocycles. The van der Waals surface area contributed by atoms with Gasteiger partial charge in [0.1, 0.15) is 0 Å². The van der Waals surface area contributed by atoms with E-state index in [1.807, 2.05) is 19.9 Å². The van der Waals surface area contributed by atoms with E-state index in [2.05, 4.69) is 5.32 Å². The number of hydrogen-bond acceptors (Lipinski definition) is 3. The molecule has 2 N–H and O–H groups in total. The number of aryl methyl sites for hydroxylation is 1. The molecule has 0 atom stereocenters. The third kappa shape index (κ3) is 4.40. The Balaban J connectivity index is 1.80. The molecule has 0 aliphatic carbocycles. The number of Topliss-reactive ketones (excluding diaryl/α,β-unsaturated/α-hetero) is 1. The van der Waals surface area contributed by atoms with Gasteiger partial charge in [-0.2, -0.15) is 0 Å². The highest BCUT2D eigenvalue weighted by atomic mass is 35.5. The number of benzene rings is 2. The summed E-state index contributed by atoms with van der Waals surface area (Å²) < 4.78 is 0. The van der Waals surface area contributed by atoms with Gasteiger partial charge in [-0.15, -0.1) is 0 Å². The third-order valence-electron chi connectivity index (χ3n) is 4.58. The molecule has 1 amide bonds. The van der Waals surface area contributed by atoms with Gasteiger partial charge in [0.25, 0.3) is 5.91 Å². The highest BCUT2D eigenvalue weighted by Crippen LogP contribution is 2.35. The fourth-order valence-electron chi connectivity index (χ4n) is 3.20. The molecule has 6 heteroatoms. The Hall–Kier alpha value is -2.30.